The molecule has 274 valence electrons. The Labute approximate surface area is 295 Å². The number of hydrogen-bond donors (Lipinski definition) is 6. The molecule has 4 aliphatic heterocycles. The summed E-state index contributed by atoms with van der Waals surface area (Å²) < 4.78 is 11.7. The first-order valence-electron chi connectivity index (χ1n) is 18.1. The third-order valence-electron chi connectivity index (χ3n) is 9.44. The van der Waals surface area contributed by atoms with Crippen molar-refractivity contribution in [1.82, 2.24) is 26.6 Å². The lowest BCUT2D eigenvalue weighted by atomic mass is 9.96. The minimum Gasteiger partial charge on any atom is -0.494 e. The highest BCUT2D eigenvalue weighted by Gasteiger charge is 2.32. The first-order valence-corrected chi connectivity index (χ1v) is 18.1. The summed E-state index contributed by atoms with van der Waals surface area (Å²) >= 11 is 0. The molecule has 12 nitrogen and oxygen atoms in total. The largest absolute Gasteiger partial charge is 0.494 e. The third-order valence-corrected chi connectivity index (χ3v) is 9.44. The van der Waals surface area contributed by atoms with Crippen molar-refractivity contribution in [1.29, 1.82) is 0 Å². The molecule has 6 rings (SSSR count). The van der Waals surface area contributed by atoms with Crippen LogP contribution in [0.1, 0.15) is 70.9 Å². The van der Waals surface area contributed by atoms with Crippen LogP contribution in [0.25, 0.3) is 0 Å². The molecule has 6 atom stereocenters. The molecule has 0 spiro atoms. The number of carbonyl (C=O) groups excluding carboxylic acids is 4. The standard InChI is InChI=1S/C38H55N5O7/c1-5-25(4)35-37(47)39-18-8-20-50-29-16-12-27(13-17-29)22-31(36(46)43-35)40-23-32(44)30-21-26-10-14-28(15-11-26)49-19-7-6-9-33(45)42-34(24(2)3)38(48)41-30/h10-17,24-25,30-32,34-35,40,44H,5-9,18-23H2,1-4H3,(H,39,47)(H,41,48)(H,42,45)(H,43,46)/t25?,30?,31-,32+,34-,35-/m0/s1. The molecule has 2 unspecified atom stereocenters. The van der Waals surface area contributed by atoms with Gasteiger partial charge in [0.1, 0.15) is 23.6 Å². The quantitative estimate of drug-likeness (QED) is 0.257. The van der Waals surface area contributed by atoms with E-state index in [-0.39, 0.29) is 54.9 Å². The van der Waals surface area contributed by atoms with Crippen LogP contribution in [0.4, 0.5) is 0 Å². The van der Waals surface area contributed by atoms with Crippen LogP contribution in [-0.4, -0.2) is 85.3 Å². The molecule has 0 saturated carbocycles. The monoisotopic (exact) mass is 693 g/mol. The maximum Gasteiger partial charge on any atom is 0.243 e. The Balaban J connectivity index is 1.57. The zero-order chi connectivity index (χ0) is 36.0. The molecule has 12 heteroatoms. The first-order chi connectivity index (χ1) is 24.0. The fourth-order valence-electron chi connectivity index (χ4n) is 6.05. The molecular formula is C38H55N5O7. The molecule has 0 aliphatic carbocycles. The average Bonchev–Trinajstić information content (AvgIpc) is 3.10. The van der Waals surface area contributed by atoms with Gasteiger partial charge in [0.15, 0.2) is 0 Å². The van der Waals surface area contributed by atoms with Crippen LogP contribution >= 0.6 is 0 Å². The van der Waals surface area contributed by atoms with Gasteiger partial charge in [-0.05, 0) is 79.3 Å². The van der Waals surface area contributed by atoms with Gasteiger partial charge in [-0.1, -0.05) is 58.4 Å². The lowest BCUT2D eigenvalue weighted by Crippen LogP contribution is -2.58. The van der Waals surface area contributed by atoms with Crippen LogP contribution in [0.15, 0.2) is 48.5 Å². The average molecular weight is 694 g/mol. The smallest absolute Gasteiger partial charge is 0.243 e. The van der Waals surface area contributed by atoms with Gasteiger partial charge >= 0.3 is 0 Å². The summed E-state index contributed by atoms with van der Waals surface area (Å²) in [6.07, 6.45) is 2.37. The summed E-state index contributed by atoms with van der Waals surface area (Å²) in [5.74, 6) is -0.132. The Morgan fingerprint density at radius 2 is 1.38 bits per heavy atom. The van der Waals surface area contributed by atoms with Gasteiger partial charge in [0.25, 0.3) is 0 Å². The molecule has 2 aromatic rings. The Hall–Kier alpha value is -4.16. The van der Waals surface area contributed by atoms with Gasteiger partial charge in [-0.25, -0.2) is 0 Å². The molecule has 6 N–H and O–H groups in total. The molecule has 4 aliphatic rings. The van der Waals surface area contributed by atoms with Crippen molar-refractivity contribution in [2.75, 3.05) is 26.3 Å². The van der Waals surface area contributed by atoms with Crippen molar-refractivity contribution < 1.29 is 33.8 Å². The van der Waals surface area contributed by atoms with Crippen LogP contribution in [0.2, 0.25) is 0 Å². The van der Waals surface area contributed by atoms with Gasteiger partial charge in [0, 0.05) is 19.5 Å². The predicted molar refractivity (Wildman–Crippen MR) is 191 cm³/mol. The second kappa shape index (κ2) is 19.3. The minimum atomic E-state index is -1.12. The second-order valence-electron chi connectivity index (χ2n) is 13.8. The summed E-state index contributed by atoms with van der Waals surface area (Å²) in [5.41, 5.74) is 1.74. The van der Waals surface area contributed by atoms with Gasteiger partial charge in [-0.2, -0.15) is 0 Å². The topological polar surface area (TPSA) is 167 Å². The molecule has 0 saturated heterocycles. The van der Waals surface area contributed by atoms with Crippen molar-refractivity contribution in [2.45, 2.75) is 103 Å². The molecule has 2 aromatic carbocycles. The maximum absolute atomic E-state index is 13.9. The van der Waals surface area contributed by atoms with E-state index in [4.69, 9.17) is 9.47 Å². The van der Waals surface area contributed by atoms with Gasteiger partial charge in [-0.15, -0.1) is 0 Å². The van der Waals surface area contributed by atoms with E-state index in [1.807, 2.05) is 76.2 Å². The number of aliphatic hydroxyl groups is 1. The zero-order valence-corrected chi connectivity index (χ0v) is 29.8. The summed E-state index contributed by atoms with van der Waals surface area (Å²) in [7, 11) is 0. The number of amides is 4. The fraction of sp³-hybridized carbons (Fsp3) is 0.579. The minimum absolute atomic E-state index is 0.0374. The van der Waals surface area contributed by atoms with E-state index >= 15 is 0 Å². The third kappa shape index (κ3) is 11.7. The highest BCUT2D eigenvalue weighted by atomic mass is 16.5. The van der Waals surface area contributed by atoms with Crippen molar-refractivity contribution in [3.05, 3.63) is 59.7 Å². The van der Waals surface area contributed by atoms with Gasteiger partial charge < -0.3 is 41.2 Å². The van der Waals surface area contributed by atoms with E-state index in [9.17, 15) is 24.3 Å². The Morgan fingerprint density at radius 1 is 0.760 bits per heavy atom. The summed E-state index contributed by atoms with van der Waals surface area (Å²) in [4.78, 5) is 53.5. The second-order valence-corrected chi connectivity index (χ2v) is 13.8. The van der Waals surface area contributed by atoms with E-state index in [0.717, 1.165) is 11.1 Å². The molecule has 0 radical (unpaired) electrons. The molecule has 4 amide bonds. The molecule has 50 heavy (non-hydrogen) atoms. The van der Waals surface area contributed by atoms with Gasteiger partial charge in [0.2, 0.25) is 23.6 Å². The fourth-order valence-corrected chi connectivity index (χ4v) is 6.05. The van der Waals surface area contributed by atoms with Gasteiger partial charge in [0.05, 0.1) is 31.4 Å². The van der Waals surface area contributed by atoms with Crippen molar-refractivity contribution in [2.24, 2.45) is 11.8 Å². The van der Waals surface area contributed by atoms with Gasteiger partial charge in [-0.3, -0.25) is 19.2 Å². The SMILES string of the molecule is CCC(C)[C@@H]1NC(=O)[C@@H](NC[C@@H](O)C2Cc3ccc(cc3)OCCCCC(=O)N[C@@H](C(C)C)C(=O)N2)Cc2ccc(cc2)OCCCNC1=O. The predicted octanol–water partition coefficient (Wildman–Crippen LogP) is 2.41. The lowest BCUT2D eigenvalue weighted by molar-refractivity contribution is -0.131. The number of nitrogens with one attached hydrogen (secondary N) is 5. The number of aliphatic hydroxyl groups excluding tert-OH is 1. The van der Waals surface area contributed by atoms with Crippen LogP contribution in [0.3, 0.4) is 0 Å². The Kier molecular flexibility index (Phi) is 14.9. The van der Waals surface area contributed by atoms with E-state index in [0.29, 0.717) is 63.4 Å². The maximum atomic E-state index is 13.9. The summed E-state index contributed by atoms with van der Waals surface area (Å²) in [6, 6.07) is 11.9. The molecular weight excluding hydrogens is 638 g/mol. The lowest BCUT2D eigenvalue weighted by Gasteiger charge is -2.30. The van der Waals surface area contributed by atoms with Crippen molar-refractivity contribution in [3.8, 4) is 11.5 Å². The number of fused-ring (bicyclic) bond motifs is 25. The van der Waals surface area contributed by atoms with Crippen molar-refractivity contribution >= 4 is 23.6 Å². The van der Waals surface area contributed by atoms with Crippen LogP contribution in [0, 0.1) is 11.8 Å². The zero-order valence-electron chi connectivity index (χ0n) is 29.8. The van der Waals surface area contributed by atoms with Crippen LogP contribution in [-0.2, 0) is 32.0 Å². The number of rotatable bonds is 7. The molecule has 0 fully saturated rings. The molecule has 0 aromatic heterocycles. The Bertz CT molecular complexity index is 1400. The highest BCUT2D eigenvalue weighted by Crippen LogP contribution is 2.18. The Morgan fingerprint density at radius 3 is 2.00 bits per heavy atom. The normalized spacial score (nSPS) is 24.4. The summed E-state index contributed by atoms with van der Waals surface area (Å²) in [5, 5.41) is 26.7. The van der Waals surface area contributed by atoms with Crippen LogP contribution < -0.4 is 36.1 Å². The first kappa shape index (κ1) is 38.6. The molecule has 4 bridgehead atoms. The van der Waals surface area contributed by atoms with E-state index in [2.05, 4.69) is 26.6 Å². The van der Waals surface area contributed by atoms with Crippen LogP contribution in [0.5, 0.6) is 11.5 Å². The van der Waals surface area contributed by atoms with E-state index < -0.39 is 30.3 Å². The number of hydrogen-bond acceptors (Lipinski definition) is 8. The van der Waals surface area contributed by atoms with E-state index in [1.165, 1.54) is 0 Å². The summed E-state index contributed by atoms with van der Waals surface area (Å²) in [6.45, 7) is 8.92. The van der Waals surface area contributed by atoms with Crippen molar-refractivity contribution in [3.63, 3.8) is 0 Å². The van der Waals surface area contributed by atoms with E-state index in [1.54, 1.807) is 0 Å². The number of benzene rings is 2. The molecule has 4 heterocycles. The highest BCUT2D eigenvalue weighted by molar-refractivity contribution is 5.90. The number of carbonyl (C=O) groups is 4. The number of ether oxygens (including phenoxy) is 2.